The number of phenols is 1. The molecule has 0 radical (unpaired) electrons. The Balaban J connectivity index is 1.60. The van der Waals surface area contributed by atoms with Gasteiger partial charge in [-0.2, -0.15) is 0 Å². The number of hydrogen-bond donors (Lipinski definition) is 1. The van der Waals surface area contributed by atoms with Crippen molar-refractivity contribution in [3.8, 4) is 5.75 Å². The molecule has 3 nitrogen and oxygen atoms in total. The van der Waals surface area contributed by atoms with Gasteiger partial charge in [-0.25, -0.2) is 0 Å². The minimum absolute atomic E-state index is 0.219. The van der Waals surface area contributed by atoms with E-state index in [4.69, 9.17) is 0 Å². The second kappa shape index (κ2) is 7.73. The molecule has 0 saturated carbocycles. The number of hydrogen-bond acceptors (Lipinski definition) is 3. The van der Waals surface area contributed by atoms with Gasteiger partial charge in [0.25, 0.3) is 0 Å². The number of aromatic hydroxyl groups is 1. The van der Waals surface area contributed by atoms with Gasteiger partial charge in [0.2, 0.25) is 0 Å². The molecule has 0 amide bonds. The van der Waals surface area contributed by atoms with E-state index in [1.54, 1.807) is 12.1 Å². The molecule has 1 heterocycles. The molecule has 0 aliphatic carbocycles. The highest BCUT2D eigenvalue weighted by Crippen LogP contribution is 2.33. The predicted octanol–water partition coefficient (Wildman–Crippen LogP) is 4.41. The van der Waals surface area contributed by atoms with Gasteiger partial charge >= 0.3 is 0 Å². The molecule has 1 saturated heterocycles. The summed E-state index contributed by atoms with van der Waals surface area (Å²) in [6.45, 7) is 3.93. The van der Waals surface area contributed by atoms with Crippen LogP contribution in [-0.4, -0.2) is 28.0 Å². The van der Waals surface area contributed by atoms with Crippen molar-refractivity contribution in [1.82, 2.24) is 9.80 Å². The fourth-order valence-corrected chi connectivity index (χ4v) is 3.77. The quantitative estimate of drug-likeness (QED) is 0.743. The lowest BCUT2D eigenvalue weighted by molar-refractivity contribution is 0.126. The Morgan fingerprint density at radius 1 is 0.654 bits per heavy atom. The van der Waals surface area contributed by atoms with Crippen LogP contribution in [-0.2, 0) is 13.1 Å². The highest BCUT2D eigenvalue weighted by atomic mass is 16.3. The molecule has 1 aliphatic rings. The van der Waals surface area contributed by atoms with Gasteiger partial charge in [-0.15, -0.1) is 0 Å². The summed E-state index contributed by atoms with van der Waals surface area (Å²) in [5.41, 5.74) is 3.89. The summed E-state index contributed by atoms with van der Waals surface area (Å²) in [5, 5.41) is 9.67. The summed E-state index contributed by atoms with van der Waals surface area (Å²) in [6, 6.07) is 28.9. The number of rotatable bonds is 5. The molecule has 0 aromatic heterocycles. The first-order chi connectivity index (χ1) is 12.8. The zero-order chi connectivity index (χ0) is 17.8. The minimum atomic E-state index is 0.219. The maximum atomic E-state index is 9.67. The van der Waals surface area contributed by atoms with Crippen molar-refractivity contribution >= 4 is 0 Å². The normalized spacial score (nSPS) is 16.2. The fourth-order valence-electron chi connectivity index (χ4n) is 3.77. The molecule has 26 heavy (non-hydrogen) atoms. The number of benzene rings is 3. The van der Waals surface area contributed by atoms with Gasteiger partial charge in [0.1, 0.15) is 5.75 Å². The first kappa shape index (κ1) is 16.8. The third-order valence-electron chi connectivity index (χ3n) is 5.01. The van der Waals surface area contributed by atoms with E-state index in [9.17, 15) is 5.11 Å². The van der Waals surface area contributed by atoms with Gasteiger partial charge in [-0.3, -0.25) is 9.80 Å². The maximum absolute atomic E-state index is 9.67. The highest BCUT2D eigenvalue weighted by molar-refractivity contribution is 5.29. The van der Waals surface area contributed by atoms with Gasteiger partial charge in [0.15, 0.2) is 0 Å². The monoisotopic (exact) mass is 344 g/mol. The lowest BCUT2D eigenvalue weighted by atomic mass is 10.1. The molecule has 1 fully saturated rings. The van der Waals surface area contributed by atoms with Gasteiger partial charge in [-0.05, 0) is 28.8 Å². The van der Waals surface area contributed by atoms with Crippen LogP contribution >= 0.6 is 0 Å². The van der Waals surface area contributed by atoms with Crippen LogP contribution in [0.5, 0.6) is 5.75 Å². The Hall–Kier alpha value is -2.62. The summed E-state index contributed by atoms with van der Waals surface area (Å²) in [5.74, 6) is 0.316. The van der Waals surface area contributed by atoms with Crippen LogP contribution < -0.4 is 0 Å². The predicted molar refractivity (Wildman–Crippen MR) is 105 cm³/mol. The third-order valence-corrected chi connectivity index (χ3v) is 5.01. The molecule has 3 aromatic rings. The second-order valence-corrected chi connectivity index (χ2v) is 6.88. The summed E-state index contributed by atoms with van der Waals surface area (Å²) >= 11 is 0. The van der Waals surface area contributed by atoms with Crippen molar-refractivity contribution in [1.29, 1.82) is 0 Å². The standard InChI is InChI=1S/C23H24N2O/c26-22-13-11-21(12-14-22)23-24(17-19-7-3-1-4-8-19)15-16-25(23)18-20-9-5-2-6-10-20/h1-14,23,26H,15-18H2. The van der Waals surface area contributed by atoms with E-state index in [-0.39, 0.29) is 6.17 Å². The molecule has 4 rings (SSSR count). The van der Waals surface area contributed by atoms with Crippen molar-refractivity contribution in [3.05, 3.63) is 102 Å². The summed E-state index contributed by atoms with van der Waals surface area (Å²) in [4.78, 5) is 5.04. The molecule has 3 heteroatoms. The van der Waals surface area contributed by atoms with Crippen molar-refractivity contribution in [2.45, 2.75) is 19.3 Å². The van der Waals surface area contributed by atoms with Crippen LogP contribution in [0.1, 0.15) is 22.9 Å². The molecular formula is C23H24N2O. The molecule has 1 aliphatic heterocycles. The van der Waals surface area contributed by atoms with Crippen LogP contribution in [0.25, 0.3) is 0 Å². The van der Waals surface area contributed by atoms with Crippen LogP contribution in [0.15, 0.2) is 84.9 Å². The van der Waals surface area contributed by atoms with E-state index in [1.165, 1.54) is 16.7 Å². The van der Waals surface area contributed by atoms with Crippen molar-refractivity contribution in [2.24, 2.45) is 0 Å². The Labute approximate surface area is 155 Å². The molecular weight excluding hydrogens is 320 g/mol. The van der Waals surface area contributed by atoms with E-state index in [0.29, 0.717) is 5.75 Å². The smallest absolute Gasteiger partial charge is 0.115 e. The number of nitrogens with zero attached hydrogens (tertiary/aromatic N) is 2. The molecule has 1 N–H and O–H groups in total. The largest absolute Gasteiger partial charge is 0.508 e. The first-order valence-corrected chi connectivity index (χ1v) is 9.14. The summed E-state index contributed by atoms with van der Waals surface area (Å²) in [7, 11) is 0. The average molecular weight is 344 g/mol. The van der Waals surface area contributed by atoms with Crippen LogP contribution in [0.2, 0.25) is 0 Å². The molecule has 0 bridgehead atoms. The lowest BCUT2D eigenvalue weighted by Gasteiger charge is -2.31. The van der Waals surface area contributed by atoms with Crippen LogP contribution in [0.4, 0.5) is 0 Å². The molecule has 0 unspecified atom stereocenters. The van der Waals surface area contributed by atoms with Gasteiger partial charge in [-0.1, -0.05) is 72.8 Å². The van der Waals surface area contributed by atoms with Gasteiger partial charge in [0, 0.05) is 26.2 Å². The Bertz CT molecular complexity index is 768. The highest BCUT2D eigenvalue weighted by Gasteiger charge is 2.33. The second-order valence-electron chi connectivity index (χ2n) is 6.88. The van der Waals surface area contributed by atoms with E-state index in [2.05, 4.69) is 70.5 Å². The third kappa shape index (κ3) is 3.79. The van der Waals surface area contributed by atoms with E-state index in [1.807, 2.05) is 12.1 Å². The number of phenolic OH excluding ortho intramolecular Hbond substituents is 1. The van der Waals surface area contributed by atoms with Gasteiger partial charge in [0.05, 0.1) is 6.17 Å². The SMILES string of the molecule is Oc1ccc(C2N(Cc3ccccc3)CCN2Cc2ccccc2)cc1. The fraction of sp³-hybridized carbons (Fsp3) is 0.217. The maximum Gasteiger partial charge on any atom is 0.115 e. The molecule has 132 valence electrons. The Kier molecular flexibility index (Phi) is 5.00. The Morgan fingerprint density at radius 3 is 1.58 bits per heavy atom. The topological polar surface area (TPSA) is 26.7 Å². The summed E-state index contributed by atoms with van der Waals surface area (Å²) < 4.78 is 0. The minimum Gasteiger partial charge on any atom is -0.508 e. The lowest BCUT2D eigenvalue weighted by Crippen LogP contribution is -2.30. The average Bonchev–Trinajstić information content (AvgIpc) is 3.06. The molecule has 0 atom stereocenters. The van der Waals surface area contributed by atoms with E-state index in [0.717, 1.165) is 26.2 Å². The Morgan fingerprint density at radius 2 is 1.12 bits per heavy atom. The van der Waals surface area contributed by atoms with Crippen molar-refractivity contribution in [2.75, 3.05) is 13.1 Å². The van der Waals surface area contributed by atoms with E-state index >= 15 is 0 Å². The zero-order valence-electron chi connectivity index (χ0n) is 14.8. The molecule has 0 spiro atoms. The van der Waals surface area contributed by atoms with Gasteiger partial charge < -0.3 is 5.11 Å². The van der Waals surface area contributed by atoms with Crippen molar-refractivity contribution < 1.29 is 5.11 Å². The summed E-state index contributed by atoms with van der Waals surface area (Å²) in [6.07, 6.45) is 0.219. The first-order valence-electron chi connectivity index (χ1n) is 9.14. The molecule has 3 aromatic carbocycles. The van der Waals surface area contributed by atoms with Crippen LogP contribution in [0.3, 0.4) is 0 Å². The van der Waals surface area contributed by atoms with Crippen LogP contribution in [0, 0.1) is 0 Å². The zero-order valence-corrected chi connectivity index (χ0v) is 14.8. The van der Waals surface area contributed by atoms with Crippen molar-refractivity contribution in [3.63, 3.8) is 0 Å². The van der Waals surface area contributed by atoms with E-state index < -0.39 is 0 Å².